The van der Waals surface area contributed by atoms with Gasteiger partial charge in [0.1, 0.15) is 5.75 Å². The molecule has 150 valence electrons. The van der Waals surface area contributed by atoms with E-state index in [9.17, 15) is 4.79 Å². The molecule has 3 rings (SSSR count). The average Bonchev–Trinajstić information content (AvgIpc) is 2.69. The van der Waals surface area contributed by atoms with Crippen LogP contribution in [0.3, 0.4) is 0 Å². The molecule has 5 heteroatoms. The Hall–Kier alpha value is -2.20. The number of nitrogens with one attached hydrogen (secondary N) is 1. The number of carbonyl (C=O) groups is 1. The van der Waals surface area contributed by atoms with Gasteiger partial charge in [0.25, 0.3) is 5.91 Å². The Morgan fingerprint density at radius 3 is 2.68 bits per heavy atom. The van der Waals surface area contributed by atoms with E-state index >= 15 is 0 Å². The molecule has 2 atom stereocenters. The number of carbonyl (C=O) groups excluding carboxylic acids is 1. The lowest BCUT2D eigenvalue weighted by Gasteiger charge is -2.33. The van der Waals surface area contributed by atoms with Crippen LogP contribution in [0.1, 0.15) is 55.6 Å². The average molecular weight is 401 g/mol. The Kier molecular flexibility index (Phi) is 6.84. The van der Waals surface area contributed by atoms with E-state index in [1.54, 1.807) is 18.2 Å². The van der Waals surface area contributed by atoms with Crippen molar-refractivity contribution in [3.63, 3.8) is 0 Å². The van der Waals surface area contributed by atoms with Crippen LogP contribution in [0.15, 0.2) is 42.5 Å². The van der Waals surface area contributed by atoms with Gasteiger partial charge in [-0.05, 0) is 68.5 Å². The Morgan fingerprint density at radius 2 is 2.04 bits per heavy atom. The molecule has 1 saturated heterocycles. The third-order valence-corrected chi connectivity index (χ3v) is 5.55. The van der Waals surface area contributed by atoms with Crippen LogP contribution in [0.2, 0.25) is 5.02 Å². The summed E-state index contributed by atoms with van der Waals surface area (Å²) in [6.45, 7) is 8.97. The molecule has 1 N–H and O–H groups in total. The van der Waals surface area contributed by atoms with Crippen molar-refractivity contribution in [3.05, 3.63) is 58.6 Å². The highest BCUT2D eigenvalue weighted by atomic mass is 35.5. The number of nitrogens with zero attached hydrogens (tertiary/aromatic N) is 1. The second-order valence-corrected chi connectivity index (χ2v) is 7.97. The lowest BCUT2D eigenvalue weighted by Crippen LogP contribution is -2.34. The smallest absolute Gasteiger partial charge is 0.251 e. The first-order valence-electron chi connectivity index (χ1n) is 10.1. The fourth-order valence-electron chi connectivity index (χ4n) is 3.68. The lowest BCUT2D eigenvalue weighted by molar-refractivity contribution is 0.0940. The van der Waals surface area contributed by atoms with Crippen molar-refractivity contribution in [2.45, 2.75) is 39.7 Å². The standard InChI is InChI=1S/C23H29ClN2O2/c1-4-28-22-12-9-19(14-21(22)24)23(27)25-17(3)18-7-10-20(11-8-18)26-13-5-6-16(2)15-26/h7-12,14,16-17H,4-6,13,15H2,1-3H3,(H,25,27)/t16-,17+/m0/s1. The van der Waals surface area contributed by atoms with Crippen molar-refractivity contribution in [1.82, 2.24) is 5.32 Å². The molecule has 28 heavy (non-hydrogen) atoms. The predicted octanol–water partition coefficient (Wildman–Crippen LogP) is 5.47. The van der Waals surface area contributed by atoms with Gasteiger partial charge in [0.05, 0.1) is 17.7 Å². The number of piperidine rings is 1. The van der Waals surface area contributed by atoms with Crippen molar-refractivity contribution < 1.29 is 9.53 Å². The molecule has 0 aromatic heterocycles. The van der Waals surface area contributed by atoms with Crippen LogP contribution in [0.5, 0.6) is 5.75 Å². The zero-order chi connectivity index (χ0) is 20.1. The number of anilines is 1. The molecule has 0 spiro atoms. The second kappa shape index (κ2) is 9.33. The van der Waals surface area contributed by atoms with E-state index in [2.05, 4.69) is 41.4 Å². The van der Waals surface area contributed by atoms with Crippen molar-refractivity contribution in [3.8, 4) is 5.75 Å². The van der Waals surface area contributed by atoms with E-state index < -0.39 is 0 Å². The monoisotopic (exact) mass is 400 g/mol. The highest BCUT2D eigenvalue weighted by Gasteiger charge is 2.17. The molecule has 2 aromatic rings. The van der Waals surface area contributed by atoms with Gasteiger partial charge < -0.3 is 15.0 Å². The summed E-state index contributed by atoms with van der Waals surface area (Å²) in [5, 5.41) is 3.49. The van der Waals surface area contributed by atoms with Crippen molar-refractivity contribution in [2.24, 2.45) is 5.92 Å². The fraction of sp³-hybridized carbons (Fsp3) is 0.435. The van der Waals surface area contributed by atoms with Gasteiger partial charge in [-0.2, -0.15) is 0 Å². The molecular formula is C23H29ClN2O2. The molecule has 0 aliphatic carbocycles. The highest BCUT2D eigenvalue weighted by molar-refractivity contribution is 6.32. The topological polar surface area (TPSA) is 41.6 Å². The first kappa shape index (κ1) is 20.5. The van der Waals surface area contributed by atoms with Gasteiger partial charge in [-0.15, -0.1) is 0 Å². The molecule has 0 unspecified atom stereocenters. The van der Waals surface area contributed by atoms with Crippen LogP contribution >= 0.6 is 11.6 Å². The third-order valence-electron chi connectivity index (χ3n) is 5.26. The molecule has 0 bridgehead atoms. The van der Waals surface area contributed by atoms with E-state index in [-0.39, 0.29) is 11.9 Å². The van der Waals surface area contributed by atoms with Gasteiger partial charge in [-0.1, -0.05) is 30.7 Å². The van der Waals surface area contributed by atoms with E-state index in [0.717, 1.165) is 24.6 Å². The predicted molar refractivity (Wildman–Crippen MR) is 116 cm³/mol. The van der Waals surface area contributed by atoms with Gasteiger partial charge in [0, 0.05) is 24.3 Å². The number of amides is 1. The molecule has 0 saturated carbocycles. The van der Waals surface area contributed by atoms with Gasteiger partial charge in [0.2, 0.25) is 0 Å². The first-order valence-corrected chi connectivity index (χ1v) is 10.4. The third kappa shape index (κ3) is 4.99. The van der Waals surface area contributed by atoms with Crippen molar-refractivity contribution in [2.75, 3.05) is 24.6 Å². The summed E-state index contributed by atoms with van der Waals surface area (Å²) in [5.74, 6) is 1.19. The summed E-state index contributed by atoms with van der Waals surface area (Å²) in [7, 11) is 0. The molecule has 1 fully saturated rings. The minimum absolute atomic E-state index is 0.0906. The van der Waals surface area contributed by atoms with E-state index in [1.165, 1.54) is 18.5 Å². The zero-order valence-electron chi connectivity index (χ0n) is 16.9. The Bertz CT molecular complexity index is 807. The number of halogens is 1. The Labute approximate surface area is 172 Å². The van der Waals surface area contributed by atoms with E-state index in [4.69, 9.17) is 16.3 Å². The number of rotatable bonds is 6. The molecule has 4 nitrogen and oxygen atoms in total. The molecule has 1 aliphatic heterocycles. The lowest BCUT2D eigenvalue weighted by atomic mass is 9.99. The van der Waals surface area contributed by atoms with Gasteiger partial charge in [-0.3, -0.25) is 4.79 Å². The van der Waals surface area contributed by atoms with Crippen LogP contribution < -0.4 is 15.0 Å². The fourth-order valence-corrected chi connectivity index (χ4v) is 3.91. The van der Waals surface area contributed by atoms with Crippen LogP contribution in [0, 0.1) is 5.92 Å². The largest absolute Gasteiger partial charge is 0.492 e. The number of hydrogen-bond acceptors (Lipinski definition) is 3. The molecule has 2 aromatic carbocycles. The number of benzene rings is 2. The van der Waals surface area contributed by atoms with Crippen LogP contribution in [0.4, 0.5) is 5.69 Å². The van der Waals surface area contributed by atoms with Crippen molar-refractivity contribution in [1.29, 1.82) is 0 Å². The normalized spacial score (nSPS) is 17.9. The SMILES string of the molecule is CCOc1ccc(C(=O)N[C@H](C)c2ccc(N3CCC[C@H](C)C3)cc2)cc1Cl. The van der Waals surface area contributed by atoms with Crippen LogP contribution in [-0.4, -0.2) is 25.6 Å². The summed E-state index contributed by atoms with van der Waals surface area (Å²) >= 11 is 6.20. The highest BCUT2D eigenvalue weighted by Crippen LogP contribution is 2.27. The maximum atomic E-state index is 12.6. The summed E-state index contributed by atoms with van der Waals surface area (Å²) in [4.78, 5) is 15.0. The Morgan fingerprint density at radius 1 is 1.29 bits per heavy atom. The summed E-state index contributed by atoms with van der Waals surface area (Å²) in [5.41, 5.74) is 2.87. The van der Waals surface area contributed by atoms with Gasteiger partial charge >= 0.3 is 0 Å². The quantitative estimate of drug-likeness (QED) is 0.699. The molecule has 1 aliphatic rings. The maximum Gasteiger partial charge on any atom is 0.251 e. The summed E-state index contributed by atoms with van der Waals surface area (Å²) in [6, 6.07) is 13.5. The van der Waals surface area contributed by atoms with Gasteiger partial charge in [-0.25, -0.2) is 0 Å². The molecule has 0 radical (unpaired) electrons. The molecule has 1 amide bonds. The van der Waals surface area contributed by atoms with E-state index in [1.807, 2.05) is 13.8 Å². The number of hydrogen-bond donors (Lipinski definition) is 1. The molecular weight excluding hydrogens is 372 g/mol. The minimum Gasteiger partial charge on any atom is -0.492 e. The van der Waals surface area contributed by atoms with Crippen molar-refractivity contribution >= 4 is 23.2 Å². The number of ether oxygens (including phenoxy) is 1. The maximum absolute atomic E-state index is 12.6. The van der Waals surface area contributed by atoms with Gasteiger partial charge in [0.15, 0.2) is 0 Å². The second-order valence-electron chi connectivity index (χ2n) is 7.56. The zero-order valence-corrected chi connectivity index (χ0v) is 17.6. The summed E-state index contributed by atoms with van der Waals surface area (Å²) < 4.78 is 5.42. The van der Waals surface area contributed by atoms with E-state index in [0.29, 0.717) is 22.9 Å². The van der Waals surface area contributed by atoms with Crippen LogP contribution in [-0.2, 0) is 0 Å². The van der Waals surface area contributed by atoms with Crippen LogP contribution in [0.25, 0.3) is 0 Å². The summed E-state index contributed by atoms with van der Waals surface area (Å²) in [6.07, 6.45) is 2.56. The molecule has 1 heterocycles. The Balaban J connectivity index is 1.63. The minimum atomic E-state index is -0.147. The first-order chi connectivity index (χ1) is 13.5.